The third-order valence-electron chi connectivity index (χ3n) is 3.57. The Bertz CT molecular complexity index is 335. The molecule has 1 aromatic heterocycles. The van der Waals surface area contributed by atoms with Crippen LogP contribution in [0, 0.1) is 0 Å². The summed E-state index contributed by atoms with van der Waals surface area (Å²) < 4.78 is 2.15. The number of unbranched alkanes of at least 4 members (excludes halogenated alkanes) is 1. The second kappa shape index (κ2) is 6.12. The molecule has 0 bridgehead atoms. The Balaban J connectivity index is 1.65. The Labute approximate surface area is 103 Å². The largest absolute Gasteiger partial charge is 0.317 e. The van der Waals surface area contributed by atoms with Crippen molar-refractivity contribution >= 4 is 0 Å². The molecule has 0 radical (unpaired) electrons. The highest BCUT2D eigenvalue weighted by Gasteiger charge is 2.16. The summed E-state index contributed by atoms with van der Waals surface area (Å²) in [6, 6.07) is 0.638. The Hall–Kier alpha value is -0.940. The van der Waals surface area contributed by atoms with Gasteiger partial charge in [-0.2, -0.15) is 0 Å². The minimum absolute atomic E-state index is 0.638. The molecular weight excluding hydrogens is 214 g/mol. The van der Waals surface area contributed by atoms with E-state index in [0.29, 0.717) is 6.04 Å². The SMILES string of the molecule is CNC(C)CCCCN1CCn2cnnc2C1. The normalized spacial score (nSPS) is 18.0. The summed E-state index contributed by atoms with van der Waals surface area (Å²) in [5, 5.41) is 11.4. The van der Waals surface area contributed by atoms with Crippen LogP contribution in [0.1, 0.15) is 32.0 Å². The summed E-state index contributed by atoms with van der Waals surface area (Å²) in [7, 11) is 2.03. The van der Waals surface area contributed by atoms with E-state index in [1.807, 2.05) is 13.4 Å². The van der Waals surface area contributed by atoms with Gasteiger partial charge in [-0.25, -0.2) is 0 Å². The van der Waals surface area contributed by atoms with Crippen molar-refractivity contribution in [3.8, 4) is 0 Å². The molecule has 0 saturated carbocycles. The molecule has 0 amide bonds. The van der Waals surface area contributed by atoms with Gasteiger partial charge in [0, 0.05) is 19.1 Å². The number of fused-ring (bicyclic) bond motifs is 1. The lowest BCUT2D eigenvalue weighted by atomic mass is 10.1. The third kappa shape index (κ3) is 3.51. The van der Waals surface area contributed by atoms with Gasteiger partial charge in [-0.3, -0.25) is 4.90 Å². The number of nitrogens with one attached hydrogen (secondary N) is 1. The summed E-state index contributed by atoms with van der Waals surface area (Å²) in [5.74, 6) is 1.11. The monoisotopic (exact) mass is 237 g/mol. The zero-order valence-corrected chi connectivity index (χ0v) is 10.9. The third-order valence-corrected chi connectivity index (χ3v) is 3.57. The lowest BCUT2D eigenvalue weighted by Crippen LogP contribution is -2.34. The van der Waals surface area contributed by atoms with Gasteiger partial charge in [-0.1, -0.05) is 6.42 Å². The van der Waals surface area contributed by atoms with Gasteiger partial charge in [-0.15, -0.1) is 10.2 Å². The van der Waals surface area contributed by atoms with E-state index in [1.165, 1.54) is 25.8 Å². The summed E-state index contributed by atoms with van der Waals surface area (Å²) in [4.78, 5) is 2.48. The van der Waals surface area contributed by atoms with Crippen molar-refractivity contribution in [2.45, 2.75) is 45.3 Å². The van der Waals surface area contributed by atoms with Gasteiger partial charge in [-0.05, 0) is 33.4 Å². The maximum Gasteiger partial charge on any atom is 0.147 e. The quantitative estimate of drug-likeness (QED) is 0.746. The van der Waals surface area contributed by atoms with Gasteiger partial charge < -0.3 is 9.88 Å². The summed E-state index contributed by atoms with van der Waals surface area (Å²) in [6.07, 6.45) is 5.67. The average Bonchev–Trinajstić information content (AvgIpc) is 2.81. The van der Waals surface area contributed by atoms with Gasteiger partial charge in [0.05, 0.1) is 6.54 Å². The zero-order chi connectivity index (χ0) is 12.1. The molecule has 17 heavy (non-hydrogen) atoms. The van der Waals surface area contributed by atoms with E-state index in [2.05, 4.69) is 31.9 Å². The first-order valence-corrected chi connectivity index (χ1v) is 6.56. The highest BCUT2D eigenvalue weighted by atomic mass is 15.3. The van der Waals surface area contributed by atoms with Crippen molar-refractivity contribution in [2.24, 2.45) is 0 Å². The molecule has 5 heteroatoms. The van der Waals surface area contributed by atoms with Gasteiger partial charge in [0.25, 0.3) is 0 Å². The molecule has 2 heterocycles. The minimum Gasteiger partial charge on any atom is -0.317 e. The van der Waals surface area contributed by atoms with Gasteiger partial charge in [0.1, 0.15) is 12.2 Å². The Morgan fingerprint density at radius 2 is 2.29 bits per heavy atom. The fourth-order valence-electron chi connectivity index (χ4n) is 2.24. The van der Waals surface area contributed by atoms with Crippen molar-refractivity contribution in [3.05, 3.63) is 12.2 Å². The van der Waals surface area contributed by atoms with E-state index in [0.717, 1.165) is 25.5 Å². The molecule has 1 unspecified atom stereocenters. The number of rotatable bonds is 6. The molecular formula is C12H23N5. The van der Waals surface area contributed by atoms with Crippen LogP contribution in [0.3, 0.4) is 0 Å². The lowest BCUT2D eigenvalue weighted by molar-refractivity contribution is 0.212. The van der Waals surface area contributed by atoms with Crippen LogP contribution in [0.25, 0.3) is 0 Å². The molecule has 96 valence electrons. The molecule has 0 fully saturated rings. The molecule has 0 spiro atoms. The summed E-state index contributed by atoms with van der Waals surface area (Å²) in [6.45, 7) is 6.55. The second-order valence-electron chi connectivity index (χ2n) is 4.90. The molecule has 1 atom stereocenters. The van der Waals surface area contributed by atoms with Crippen molar-refractivity contribution in [3.63, 3.8) is 0 Å². The highest BCUT2D eigenvalue weighted by Crippen LogP contribution is 2.10. The van der Waals surface area contributed by atoms with Crippen LogP contribution < -0.4 is 5.32 Å². The van der Waals surface area contributed by atoms with Crippen LogP contribution >= 0.6 is 0 Å². The summed E-state index contributed by atoms with van der Waals surface area (Å²) in [5.41, 5.74) is 0. The van der Waals surface area contributed by atoms with Crippen LogP contribution in [-0.2, 0) is 13.1 Å². The van der Waals surface area contributed by atoms with E-state index >= 15 is 0 Å². The fraction of sp³-hybridized carbons (Fsp3) is 0.833. The average molecular weight is 237 g/mol. The first kappa shape index (κ1) is 12.5. The van der Waals surface area contributed by atoms with Gasteiger partial charge >= 0.3 is 0 Å². The number of hydrogen-bond acceptors (Lipinski definition) is 4. The molecule has 1 aliphatic rings. The van der Waals surface area contributed by atoms with Crippen LogP contribution in [-0.4, -0.2) is 45.8 Å². The van der Waals surface area contributed by atoms with Crippen LogP contribution in [0.4, 0.5) is 0 Å². The number of aromatic nitrogens is 3. The van der Waals surface area contributed by atoms with E-state index in [9.17, 15) is 0 Å². The van der Waals surface area contributed by atoms with E-state index < -0.39 is 0 Å². The Kier molecular flexibility index (Phi) is 4.50. The standard InChI is InChI=1S/C12H23N5/c1-11(13-2)5-3-4-6-16-7-8-17-10-14-15-12(17)9-16/h10-11,13H,3-9H2,1-2H3. The van der Waals surface area contributed by atoms with Gasteiger partial charge in [0.2, 0.25) is 0 Å². The maximum absolute atomic E-state index is 4.14. The maximum atomic E-state index is 4.14. The van der Waals surface area contributed by atoms with Crippen molar-refractivity contribution in [2.75, 3.05) is 20.1 Å². The molecule has 1 aromatic rings. The van der Waals surface area contributed by atoms with E-state index in [4.69, 9.17) is 0 Å². The van der Waals surface area contributed by atoms with Crippen molar-refractivity contribution in [1.82, 2.24) is 25.0 Å². The molecule has 0 saturated heterocycles. The lowest BCUT2D eigenvalue weighted by Gasteiger charge is -2.26. The molecule has 0 aliphatic carbocycles. The predicted molar refractivity (Wildman–Crippen MR) is 67.7 cm³/mol. The summed E-state index contributed by atoms with van der Waals surface area (Å²) >= 11 is 0. The van der Waals surface area contributed by atoms with Gasteiger partial charge in [0.15, 0.2) is 0 Å². The van der Waals surface area contributed by atoms with Crippen molar-refractivity contribution in [1.29, 1.82) is 0 Å². The zero-order valence-electron chi connectivity index (χ0n) is 10.9. The minimum atomic E-state index is 0.638. The fourth-order valence-corrected chi connectivity index (χ4v) is 2.24. The second-order valence-corrected chi connectivity index (χ2v) is 4.90. The molecule has 5 nitrogen and oxygen atoms in total. The topological polar surface area (TPSA) is 46.0 Å². The molecule has 1 aliphatic heterocycles. The van der Waals surface area contributed by atoms with E-state index in [1.54, 1.807) is 0 Å². The predicted octanol–water partition coefficient (Wildman–Crippen LogP) is 0.872. The number of nitrogens with zero attached hydrogens (tertiary/aromatic N) is 4. The van der Waals surface area contributed by atoms with Crippen LogP contribution in [0.2, 0.25) is 0 Å². The highest BCUT2D eigenvalue weighted by molar-refractivity contribution is 4.89. The van der Waals surface area contributed by atoms with E-state index in [-0.39, 0.29) is 0 Å². The van der Waals surface area contributed by atoms with Crippen LogP contribution in [0.15, 0.2) is 6.33 Å². The van der Waals surface area contributed by atoms with Crippen LogP contribution in [0.5, 0.6) is 0 Å². The molecule has 1 N–H and O–H groups in total. The molecule has 0 aromatic carbocycles. The first-order valence-electron chi connectivity index (χ1n) is 6.56. The Morgan fingerprint density at radius 3 is 3.12 bits per heavy atom. The Morgan fingerprint density at radius 1 is 1.41 bits per heavy atom. The first-order chi connectivity index (χ1) is 8.29. The smallest absolute Gasteiger partial charge is 0.147 e. The molecule has 2 rings (SSSR count). The van der Waals surface area contributed by atoms with Crippen molar-refractivity contribution < 1.29 is 0 Å². The number of hydrogen-bond donors (Lipinski definition) is 1.